The lowest BCUT2D eigenvalue weighted by Crippen LogP contribution is -2.58. The third-order valence-electron chi connectivity index (χ3n) is 6.58. The summed E-state index contributed by atoms with van der Waals surface area (Å²) in [6.07, 6.45) is -12.9. The van der Waals surface area contributed by atoms with Crippen LogP contribution < -0.4 is 17.0 Å². The van der Waals surface area contributed by atoms with E-state index in [2.05, 4.69) is 39.0 Å². The Labute approximate surface area is 245 Å². The average Bonchev–Trinajstić information content (AvgIpc) is 3.21. The number of aliphatic hydroxyl groups excluding tert-OH is 5. The molecule has 2 fully saturated rings. The van der Waals surface area contributed by atoms with Gasteiger partial charge < -0.3 is 55.4 Å². The average molecular weight is 667 g/mol. The zero-order valence-corrected chi connectivity index (χ0v) is 25.3. The summed E-state index contributed by atoms with van der Waals surface area (Å²) >= 11 is 0. The van der Waals surface area contributed by atoms with Gasteiger partial charge in [-0.2, -0.15) is 4.31 Å². The van der Waals surface area contributed by atoms with Crippen molar-refractivity contribution in [3.05, 3.63) is 33.1 Å². The lowest BCUT2D eigenvalue weighted by atomic mass is 10.00. The fraction of sp³-hybridized carbons (Fsp3) is 0.810. The number of nitrogens with one attached hydrogen (secondary N) is 1. The van der Waals surface area contributed by atoms with Gasteiger partial charge in [0.25, 0.3) is 5.56 Å². The number of rotatable bonds is 12. The molecule has 250 valence electrons. The van der Waals surface area contributed by atoms with E-state index in [0.29, 0.717) is 0 Å². The molecule has 43 heavy (non-hydrogen) atoms. The van der Waals surface area contributed by atoms with Gasteiger partial charge in [0.15, 0.2) is 12.5 Å². The van der Waals surface area contributed by atoms with Gasteiger partial charge >= 0.3 is 21.3 Å². The molecule has 20 nitrogen and oxygen atoms in total. The number of hydrogen-bond acceptors (Lipinski definition) is 16. The number of nitrogens with zero attached hydrogens (tertiary/aromatic N) is 2. The van der Waals surface area contributed by atoms with E-state index in [-0.39, 0.29) is 0 Å². The Morgan fingerprint density at radius 1 is 0.953 bits per heavy atom. The number of phosphoric ester groups is 2. The maximum Gasteiger partial charge on any atom is 0.483 e. The van der Waals surface area contributed by atoms with Gasteiger partial charge in [-0.3, -0.25) is 23.4 Å². The van der Waals surface area contributed by atoms with Crippen molar-refractivity contribution in [3.8, 4) is 0 Å². The summed E-state index contributed by atoms with van der Waals surface area (Å²) in [5.74, 6) is 0. The Morgan fingerprint density at radius 2 is 1.56 bits per heavy atom. The standard InChI is InChI=1S/C15H25N3O16P2.C6H15N/c16-8-9(21)6(31-13(8)18-2-1-7(20)17-15(18)25)4-30-35(26,27)34-36(28,29)33-14-12(24)11(23)10(22)5(3-19)32-14;1-4-7(5-2)6-3/h1-2,5-6,8-14,19,21-24H,3-4,16H2,(H,26,27)(H,28,29)(H,17,20,25);4-6H2,1-3H3/t5-,6-,8-,9-,10-,11+,12-,13-,14-;/m1./s1. The molecule has 0 aliphatic carbocycles. The van der Waals surface area contributed by atoms with E-state index in [1.807, 2.05) is 4.98 Å². The molecular formula is C21H40N4O16P2. The molecule has 2 aliphatic rings. The number of aromatic nitrogens is 2. The summed E-state index contributed by atoms with van der Waals surface area (Å²) in [7, 11) is -11.0. The second-order valence-corrected chi connectivity index (χ2v) is 12.4. The van der Waals surface area contributed by atoms with Gasteiger partial charge in [0, 0.05) is 12.3 Å². The minimum atomic E-state index is -5.57. The molecule has 0 aromatic carbocycles. The number of ether oxygens (including phenoxy) is 2. The van der Waals surface area contributed by atoms with Crippen molar-refractivity contribution in [3.63, 3.8) is 0 Å². The summed E-state index contributed by atoms with van der Waals surface area (Å²) < 4.78 is 48.5. The quantitative estimate of drug-likeness (QED) is 0.0978. The normalized spacial score (nSPS) is 33.8. The molecule has 3 heterocycles. The molecule has 11 atom stereocenters. The van der Waals surface area contributed by atoms with Crippen LogP contribution in [-0.2, 0) is 32.0 Å². The van der Waals surface area contributed by atoms with Crippen molar-refractivity contribution >= 4 is 15.6 Å². The largest absolute Gasteiger partial charge is 0.483 e. The Kier molecular flexibility index (Phi) is 14.3. The Hall–Kier alpha value is -1.42. The van der Waals surface area contributed by atoms with E-state index in [4.69, 9.17) is 20.3 Å². The van der Waals surface area contributed by atoms with Crippen molar-refractivity contribution < 1.29 is 67.3 Å². The molecule has 1 aromatic rings. The van der Waals surface area contributed by atoms with Gasteiger partial charge in [-0.25, -0.2) is 13.9 Å². The van der Waals surface area contributed by atoms with Gasteiger partial charge in [-0.05, 0) is 19.6 Å². The zero-order valence-electron chi connectivity index (χ0n) is 23.6. The summed E-state index contributed by atoms with van der Waals surface area (Å²) in [6, 6.07) is -0.280. The van der Waals surface area contributed by atoms with Crippen LogP contribution in [0.2, 0.25) is 0 Å². The molecular weight excluding hydrogens is 626 g/mol. The van der Waals surface area contributed by atoms with Crippen LogP contribution in [0.25, 0.3) is 0 Å². The zero-order chi connectivity index (χ0) is 32.7. The molecule has 0 spiro atoms. The molecule has 0 radical (unpaired) electrons. The van der Waals surface area contributed by atoms with Crippen LogP contribution in [-0.4, -0.2) is 132 Å². The van der Waals surface area contributed by atoms with Crippen molar-refractivity contribution in [1.29, 1.82) is 0 Å². The lowest BCUT2D eigenvalue weighted by Gasteiger charge is -2.39. The van der Waals surface area contributed by atoms with Crippen LogP contribution in [0.1, 0.15) is 27.0 Å². The smallest absolute Gasteiger partial charge is 0.394 e. The molecule has 22 heteroatoms. The van der Waals surface area contributed by atoms with E-state index in [1.165, 1.54) is 19.6 Å². The highest BCUT2D eigenvalue weighted by atomic mass is 31.3. The maximum absolute atomic E-state index is 12.2. The first-order chi connectivity index (χ1) is 20.0. The van der Waals surface area contributed by atoms with Crippen molar-refractivity contribution in [1.82, 2.24) is 14.5 Å². The molecule has 3 rings (SSSR count). The highest BCUT2D eigenvalue weighted by Crippen LogP contribution is 2.61. The predicted octanol–water partition coefficient (Wildman–Crippen LogP) is -3.48. The Balaban J connectivity index is 0.000000821. The summed E-state index contributed by atoms with van der Waals surface area (Å²) in [6.45, 7) is 8.29. The van der Waals surface area contributed by atoms with Gasteiger partial charge in [-0.15, -0.1) is 0 Å². The highest BCUT2D eigenvalue weighted by Gasteiger charge is 2.49. The first kappa shape index (κ1) is 37.8. The summed E-state index contributed by atoms with van der Waals surface area (Å²) in [5, 5.41) is 48.6. The number of phosphoric acid groups is 2. The lowest BCUT2D eigenvalue weighted by molar-refractivity contribution is -0.280. The summed E-state index contributed by atoms with van der Waals surface area (Å²) in [5.41, 5.74) is 4.19. The minimum absolute atomic E-state index is 0.707. The molecule has 2 saturated heterocycles. The number of H-pyrrole nitrogens is 1. The third kappa shape index (κ3) is 10.3. The van der Waals surface area contributed by atoms with Crippen LogP contribution >= 0.6 is 15.6 Å². The Morgan fingerprint density at radius 3 is 2.07 bits per heavy atom. The minimum Gasteiger partial charge on any atom is -0.394 e. The van der Waals surface area contributed by atoms with Crippen molar-refractivity contribution in [2.75, 3.05) is 32.8 Å². The van der Waals surface area contributed by atoms with Crippen LogP contribution in [0.5, 0.6) is 0 Å². The van der Waals surface area contributed by atoms with Crippen LogP contribution in [0.15, 0.2) is 21.9 Å². The van der Waals surface area contributed by atoms with Gasteiger partial charge in [0.05, 0.1) is 19.3 Å². The fourth-order valence-corrected chi connectivity index (χ4v) is 6.24. The van der Waals surface area contributed by atoms with Crippen LogP contribution in [0, 0.1) is 0 Å². The Bertz CT molecular complexity index is 1220. The first-order valence-electron chi connectivity index (χ1n) is 13.1. The van der Waals surface area contributed by atoms with E-state index < -0.39 is 95.3 Å². The van der Waals surface area contributed by atoms with Crippen LogP contribution in [0.4, 0.5) is 0 Å². The van der Waals surface area contributed by atoms with E-state index >= 15 is 0 Å². The molecule has 0 saturated carbocycles. The molecule has 2 aliphatic heterocycles. The predicted molar refractivity (Wildman–Crippen MR) is 144 cm³/mol. The number of aliphatic hydroxyl groups is 5. The third-order valence-corrected chi connectivity index (χ3v) is 9.18. The van der Waals surface area contributed by atoms with E-state index in [0.717, 1.165) is 16.8 Å². The molecule has 0 bridgehead atoms. The monoisotopic (exact) mass is 666 g/mol. The van der Waals surface area contributed by atoms with Crippen LogP contribution in [0.3, 0.4) is 0 Å². The fourth-order valence-electron chi connectivity index (χ4n) is 4.08. The highest BCUT2D eigenvalue weighted by molar-refractivity contribution is 7.61. The first-order valence-corrected chi connectivity index (χ1v) is 16.1. The molecule has 10 N–H and O–H groups in total. The molecule has 1 aromatic heterocycles. The second kappa shape index (κ2) is 16.2. The number of hydrogen-bond donors (Lipinski definition) is 9. The van der Waals surface area contributed by atoms with E-state index in [1.54, 1.807) is 0 Å². The van der Waals surface area contributed by atoms with E-state index in [9.17, 15) is 48.9 Å². The second-order valence-electron chi connectivity index (χ2n) is 9.39. The number of aromatic amines is 1. The maximum atomic E-state index is 12.2. The molecule has 0 amide bonds. The van der Waals surface area contributed by atoms with Gasteiger partial charge in [-0.1, -0.05) is 20.8 Å². The topological polar surface area (TPSA) is 306 Å². The van der Waals surface area contributed by atoms with Gasteiger partial charge in [0.1, 0.15) is 36.6 Å². The van der Waals surface area contributed by atoms with Crippen molar-refractivity contribution in [2.45, 2.75) is 76.0 Å². The summed E-state index contributed by atoms with van der Waals surface area (Å²) in [4.78, 5) is 47.1. The number of nitrogens with two attached hydrogens (primary N) is 1. The SMILES string of the molecule is CCN(CC)CC.N[C@@H]1[C@H](O)[C@@H](COP(=O)(O)OP(=O)(O)O[C@H]2O[C@H](CO)[C@@H](O)[C@H](O)[C@H]2O)O[C@H]1n1ccc(=O)[nH]c1=O. The van der Waals surface area contributed by atoms with Gasteiger partial charge in [0.2, 0.25) is 0 Å². The molecule has 2 unspecified atom stereocenters. The van der Waals surface area contributed by atoms with Crippen molar-refractivity contribution in [2.24, 2.45) is 5.73 Å².